The van der Waals surface area contributed by atoms with Crippen LogP contribution in [0.2, 0.25) is 0 Å². The number of aryl methyl sites for hydroxylation is 1. The number of aromatic nitrogens is 1. The van der Waals surface area contributed by atoms with Gasteiger partial charge in [-0.15, -0.1) is 0 Å². The maximum atomic E-state index is 7.51. The summed E-state index contributed by atoms with van der Waals surface area (Å²) in [5.41, 5.74) is 8.51. The van der Waals surface area contributed by atoms with Gasteiger partial charge >= 0.3 is 0 Å². The molecule has 4 heteroatoms. The summed E-state index contributed by atoms with van der Waals surface area (Å²) in [7, 11) is 0. The first-order chi connectivity index (χ1) is 9.63. The van der Waals surface area contributed by atoms with Gasteiger partial charge in [-0.05, 0) is 42.8 Å². The van der Waals surface area contributed by atoms with Crippen LogP contribution in [-0.2, 0) is 0 Å². The average Bonchev–Trinajstić information content (AvgIpc) is 2.80. The van der Waals surface area contributed by atoms with E-state index < -0.39 is 0 Å². The van der Waals surface area contributed by atoms with Crippen LogP contribution >= 0.6 is 11.8 Å². The van der Waals surface area contributed by atoms with Crippen molar-refractivity contribution in [3.63, 3.8) is 0 Å². The highest BCUT2D eigenvalue weighted by molar-refractivity contribution is 7.99. The molecule has 1 heterocycles. The fourth-order valence-electron chi connectivity index (χ4n) is 2.23. The van der Waals surface area contributed by atoms with Crippen molar-refractivity contribution in [3.8, 4) is 0 Å². The molecular weight excluding hydrogens is 266 g/mol. The number of nitrogen functional groups attached to an aromatic ring is 1. The van der Waals surface area contributed by atoms with E-state index in [4.69, 9.17) is 11.1 Å². The molecule has 0 aliphatic rings. The van der Waals surface area contributed by atoms with Crippen molar-refractivity contribution in [3.05, 3.63) is 59.7 Å². The van der Waals surface area contributed by atoms with E-state index in [1.807, 2.05) is 31.2 Å². The van der Waals surface area contributed by atoms with Gasteiger partial charge in [0.2, 0.25) is 0 Å². The Morgan fingerprint density at radius 1 is 1.15 bits per heavy atom. The molecule has 0 radical (unpaired) electrons. The van der Waals surface area contributed by atoms with Crippen LogP contribution in [0.4, 0.5) is 0 Å². The topological polar surface area (TPSA) is 65.7 Å². The number of nitrogens with one attached hydrogen (secondary N) is 2. The molecule has 0 saturated heterocycles. The van der Waals surface area contributed by atoms with Crippen molar-refractivity contribution >= 4 is 28.5 Å². The number of rotatable bonds is 3. The summed E-state index contributed by atoms with van der Waals surface area (Å²) in [6.07, 6.45) is 0. The van der Waals surface area contributed by atoms with E-state index >= 15 is 0 Å². The Labute approximate surface area is 121 Å². The van der Waals surface area contributed by atoms with Gasteiger partial charge in [-0.1, -0.05) is 30.0 Å². The lowest BCUT2D eigenvalue weighted by molar-refractivity contribution is 1.23. The zero-order valence-corrected chi connectivity index (χ0v) is 11.9. The molecule has 3 rings (SSSR count). The Bertz CT molecular complexity index is 756. The number of aromatic amines is 1. The van der Waals surface area contributed by atoms with Crippen LogP contribution in [-0.4, -0.2) is 10.8 Å². The lowest BCUT2D eigenvalue weighted by atomic mass is 10.1. The quantitative estimate of drug-likeness (QED) is 0.503. The molecule has 0 unspecified atom stereocenters. The summed E-state index contributed by atoms with van der Waals surface area (Å²) < 4.78 is 0. The first-order valence-electron chi connectivity index (χ1n) is 6.34. The number of para-hydroxylation sites is 1. The van der Waals surface area contributed by atoms with Gasteiger partial charge in [0, 0.05) is 21.4 Å². The molecule has 2 aromatic carbocycles. The highest BCUT2D eigenvalue weighted by Crippen LogP contribution is 2.30. The SMILES string of the molecule is Cc1cc(Sc2cc3ccccc3[nH]2)ccc1C(=N)N. The normalized spacial score (nSPS) is 10.8. The van der Waals surface area contributed by atoms with E-state index in [-0.39, 0.29) is 5.84 Å². The van der Waals surface area contributed by atoms with Crippen LogP contribution in [0.25, 0.3) is 10.9 Å². The lowest BCUT2D eigenvalue weighted by Crippen LogP contribution is -2.12. The Kier molecular flexibility index (Phi) is 3.24. The van der Waals surface area contributed by atoms with Gasteiger partial charge in [0.1, 0.15) is 5.84 Å². The first-order valence-corrected chi connectivity index (χ1v) is 7.16. The van der Waals surface area contributed by atoms with E-state index in [0.717, 1.165) is 26.6 Å². The molecule has 0 amide bonds. The molecule has 0 spiro atoms. The Balaban J connectivity index is 1.90. The Hall–Kier alpha value is -2.20. The molecule has 4 N–H and O–H groups in total. The van der Waals surface area contributed by atoms with Gasteiger partial charge in [-0.2, -0.15) is 0 Å². The number of hydrogen-bond acceptors (Lipinski definition) is 2. The average molecular weight is 281 g/mol. The second-order valence-electron chi connectivity index (χ2n) is 4.71. The van der Waals surface area contributed by atoms with Gasteiger partial charge < -0.3 is 10.7 Å². The first kappa shape index (κ1) is 12.8. The number of H-pyrrole nitrogens is 1. The zero-order valence-electron chi connectivity index (χ0n) is 11.1. The van der Waals surface area contributed by atoms with E-state index in [9.17, 15) is 0 Å². The largest absolute Gasteiger partial charge is 0.384 e. The summed E-state index contributed by atoms with van der Waals surface area (Å²) in [5.74, 6) is 0.115. The van der Waals surface area contributed by atoms with Crippen molar-refractivity contribution in [2.75, 3.05) is 0 Å². The van der Waals surface area contributed by atoms with Crippen LogP contribution in [0, 0.1) is 12.3 Å². The number of benzene rings is 2. The van der Waals surface area contributed by atoms with E-state index in [2.05, 4.69) is 29.2 Å². The summed E-state index contributed by atoms with van der Waals surface area (Å²) in [4.78, 5) is 4.53. The van der Waals surface area contributed by atoms with Crippen LogP contribution in [0.1, 0.15) is 11.1 Å². The van der Waals surface area contributed by atoms with Gasteiger partial charge in [-0.25, -0.2) is 0 Å². The molecule has 100 valence electrons. The van der Waals surface area contributed by atoms with Crippen molar-refractivity contribution in [2.24, 2.45) is 5.73 Å². The molecule has 3 nitrogen and oxygen atoms in total. The Morgan fingerprint density at radius 3 is 2.65 bits per heavy atom. The zero-order chi connectivity index (χ0) is 14.1. The fourth-order valence-corrected chi connectivity index (χ4v) is 3.20. The second-order valence-corrected chi connectivity index (χ2v) is 5.83. The maximum absolute atomic E-state index is 7.51. The third-order valence-corrected chi connectivity index (χ3v) is 4.15. The predicted octanol–water partition coefficient (Wildman–Crippen LogP) is 3.91. The van der Waals surface area contributed by atoms with Crippen LogP contribution in [0.3, 0.4) is 0 Å². The van der Waals surface area contributed by atoms with Crippen molar-refractivity contribution in [1.29, 1.82) is 5.41 Å². The smallest absolute Gasteiger partial charge is 0.123 e. The maximum Gasteiger partial charge on any atom is 0.123 e. The van der Waals surface area contributed by atoms with E-state index in [1.165, 1.54) is 5.39 Å². The van der Waals surface area contributed by atoms with Crippen molar-refractivity contribution in [1.82, 2.24) is 4.98 Å². The van der Waals surface area contributed by atoms with Crippen LogP contribution in [0.5, 0.6) is 0 Å². The van der Waals surface area contributed by atoms with Crippen molar-refractivity contribution < 1.29 is 0 Å². The van der Waals surface area contributed by atoms with Gasteiger partial charge in [-0.3, -0.25) is 5.41 Å². The molecule has 0 aliphatic heterocycles. The van der Waals surface area contributed by atoms with Gasteiger partial charge in [0.05, 0.1) is 5.03 Å². The molecule has 0 saturated carbocycles. The fraction of sp³-hybridized carbons (Fsp3) is 0.0625. The summed E-state index contributed by atoms with van der Waals surface area (Å²) >= 11 is 1.68. The Morgan fingerprint density at radius 2 is 1.95 bits per heavy atom. The summed E-state index contributed by atoms with van der Waals surface area (Å²) in [6, 6.07) is 16.3. The minimum Gasteiger partial charge on any atom is -0.384 e. The van der Waals surface area contributed by atoms with Crippen molar-refractivity contribution in [2.45, 2.75) is 16.8 Å². The molecule has 0 bridgehead atoms. The molecule has 0 aliphatic carbocycles. The van der Waals surface area contributed by atoms with Crippen LogP contribution in [0.15, 0.2) is 58.5 Å². The third-order valence-electron chi connectivity index (χ3n) is 3.22. The number of fused-ring (bicyclic) bond motifs is 1. The number of nitrogens with two attached hydrogens (primary N) is 1. The predicted molar refractivity (Wildman–Crippen MR) is 84.6 cm³/mol. The highest BCUT2D eigenvalue weighted by Gasteiger charge is 2.06. The molecule has 1 aromatic heterocycles. The molecular formula is C16H15N3S. The standard InChI is InChI=1S/C16H15N3S/c1-10-8-12(6-7-13(10)16(17)18)20-15-9-11-4-2-3-5-14(11)19-15/h2-9,19H,1H3,(H3,17,18). The van der Waals surface area contributed by atoms with E-state index in [1.54, 1.807) is 11.8 Å². The molecule has 0 atom stereocenters. The summed E-state index contributed by atoms with van der Waals surface area (Å²) in [5, 5.41) is 9.83. The second kappa shape index (κ2) is 5.06. The summed E-state index contributed by atoms with van der Waals surface area (Å²) in [6.45, 7) is 1.98. The lowest BCUT2D eigenvalue weighted by Gasteiger charge is -2.06. The van der Waals surface area contributed by atoms with Gasteiger partial charge in [0.25, 0.3) is 0 Å². The molecule has 20 heavy (non-hydrogen) atoms. The monoisotopic (exact) mass is 281 g/mol. The molecule has 0 fully saturated rings. The number of amidine groups is 1. The van der Waals surface area contributed by atoms with Crippen LogP contribution < -0.4 is 5.73 Å². The molecule has 3 aromatic rings. The third kappa shape index (κ3) is 2.42. The number of hydrogen-bond donors (Lipinski definition) is 3. The van der Waals surface area contributed by atoms with E-state index in [0.29, 0.717) is 0 Å². The minimum absolute atomic E-state index is 0.115. The highest BCUT2D eigenvalue weighted by atomic mass is 32.2. The minimum atomic E-state index is 0.115. The van der Waals surface area contributed by atoms with Gasteiger partial charge in [0.15, 0.2) is 0 Å².